The number of likely N-dealkylation sites (tertiary alicyclic amines) is 1. The fourth-order valence-corrected chi connectivity index (χ4v) is 3.36. The third kappa shape index (κ3) is 2.40. The van der Waals surface area contributed by atoms with Crippen molar-refractivity contribution >= 4 is 11.7 Å². The fraction of sp³-hybridized carbons (Fsp3) is 0.533. The van der Waals surface area contributed by atoms with Gasteiger partial charge in [0.25, 0.3) is 5.91 Å². The molecule has 0 unspecified atom stereocenters. The van der Waals surface area contributed by atoms with E-state index in [0.29, 0.717) is 0 Å². The normalized spacial score (nSPS) is 25.9. The van der Waals surface area contributed by atoms with Crippen molar-refractivity contribution in [2.45, 2.75) is 32.1 Å². The van der Waals surface area contributed by atoms with Gasteiger partial charge in [-0.1, -0.05) is 12.2 Å². The first-order chi connectivity index (χ1) is 9.70. The highest BCUT2D eigenvalue weighted by Crippen LogP contribution is 2.41. The second-order valence-electron chi connectivity index (χ2n) is 5.83. The van der Waals surface area contributed by atoms with Crippen LogP contribution in [0.5, 0.6) is 0 Å². The van der Waals surface area contributed by atoms with Crippen LogP contribution < -0.4 is 5.73 Å². The van der Waals surface area contributed by atoms with Crippen molar-refractivity contribution in [3.8, 4) is 0 Å². The van der Waals surface area contributed by atoms with Gasteiger partial charge in [0.05, 0.1) is 0 Å². The van der Waals surface area contributed by atoms with Gasteiger partial charge in [-0.3, -0.25) is 4.79 Å². The zero-order chi connectivity index (χ0) is 14.0. The van der Waals surface area contributed by atoms with E-state index in [1.54, 1.807) is 0 Å². The number of hydrogen-bond donors (Lipinski definition) is 1. The molecule has 0 radical (unpaired) electrons. The maximum Gasteiger partial charge on any atom is 0.276 e. The Balaban J connectivity index is 1.79. The summed E-state index contributed by atoms with van der Waals surface area (Å²) in [6.45, 7) is 1.60. The van der Waals surface area contributed by atoms with Gasteiger partial charge >= 0.3 is 0 Å². The number of nitrogens with two attached hydrogens (primary N) is 1. The van der Waals surface area contributed by atoms with Gasteiger partial charge in [-0.2, -0.15) is 0 Å². The predicted molar refractivity (Wildman–Crippen MR) is 77.0 cm³/mol. The number of amides is 1. The number of carbonyl (C=O) groups is 1. The molecule has 1 spiro atoms. The van der Waals surface area contributed by atoms with Gasteiger partial charge in [-0.25, -0.2) is 9.97 Å². The summed E-state index contributed by atoms with van der Waals surface area (Å²) < 4.78 is 0. The molecule has 5 heteroatoms. The Morgan fingerprint density at radius 2 is 2.10 bits per heavy atom. The van der Waals surface area contributed by atoms with Crippen LogP contribution in [0.25, 0.3) is 0 Å². The monoisotopic (exact) mass is 272 g/mol. The van der Waals surface area contributed by atoms with E-state index < -0.39 is 0 Å². The van der Waals surface area contributed by atoms with E-state index in [2.05, 4.69) is 22.1 Å². The van der Waals surface area contributed by atoms with Crippen LogP contribution in [0.1, 0.15) is 42.6 Å². The summed E-state index contributed by atoms with van der Waals surface area (Å²) in [6, 6.07) is 0. The van der Waals surface area contributed by atoms with Crippen LogP contribution in [0.4, 0.5) is 5.82 Å². The SMILES string of the molecule is Nc1nccnc1C(=O)N1CCC[C@@]2(CC=CCC2)C1. The van der Waals surface area contributed by atoms with E-state index in [4.69, 9.17) is 5.73 Å². The average Bonchev–Trinajstić information content (AvgIpc) is 2.48. The second-order valence-corrected chi connectivity index (χ2v) is 5.83. The average molecular weight is 272 g/mol. The zero-order valence-electron chi connectivity index (χ0n) is 11.6. The lowest BCUT2D eigenvalue weighted by molar-refractivity contribution is 0.0480. The summed E-state index contributed by atoms with van der Waals surface area (Å²) in [6.07, 6.45) is 13.2. The minimum absolute atomic E-state index is 0.0794. The first-order valence-corrected chi connectivity index (χ1v) is 7.21. The van der Waals surface area contributed by atoms with Crippen LogP contribution in [-0.2, 0) is 0 Å². The fourth-order valence-electron chi connectivity index (χ4n) is 3.36. The molecular weight excluding hydrogens is 252 g/mol. The van der Waals surface area contributed by atoms with E-state index in [-0.39, 0.29) is 22.8 Å². The number of nitrogens with zero attached hydrogens (tertiary/aromatic N) is 3. The van der Waals surface area contributed by atoms with Gasteiger partial charge in [0.15, 0.2) is 11.5 Å². The molecule has 106 valence electrons. The first-order valence-electron chi connectivity index (χ1n) is 7.21. The molecule has 3 rings (SSSR count). The summed E-state index contributed by atoms with van der Waals surface area (Å²) in [5, 5.41) is 0. The molecule has 1 saturated heterocycles. The zero-order valence-corrected chi connectivity index (χ0v) is 11.6. The van der Waals surface area contributed by atoms with E-state index in [9.17, 15) is 4.79 Å². The van der Waals surface area contributed by atoms with Crippen molar-refractivity contribution in [1.82, 2.24) is 14.9 Å². The summed E-state index contributed by atoms with van der Waals surface area (Å²) >= 11 is 0. The Hall–Kier alpha value is -1.91. The highest BCUT2D eigenvalue weighted by molar-refractivity contribution is 5.96. The number of rotatable bonds is 1. The number of anilines is 1. The Bertz CT molecular complexity index is 542. The number of carbonyl (C=O) groups excluding carboxylic acids is 1. The van der Waals surface area contributed by atoms with Crippen molar-refractivity contribution in [2.75, 3.05) is 18.8 Å². The molecule has 0 aromatic carbocycles. The van der Waals surface area contributed by atoms with E-state index in [1.807, 2.05) is 4.90 Å². The van der Waals surface area contributed by atoms with Crippen molar-refractivity contribution < 1.29 is 4.79 Å². The minimum atomic E-state index is -0.0794. The Labute approximate surface area is 118 Å². The standard InChI is InChI=1S/C15H20N4O/c16-13-12(17-8-9-18-13)14(20)19-10-4-7-15(11-19)5-2-1-3-6-15/h1-2,8-9H,3-7,10-11H2,(H2,16,18)/t15-/m0/s1. The lowest BCUT2D eigenvalue weighted by Gasteiger charge is -2.43. The summed E-state index contributed by atoms with van der Waals surface area (Å²) in [5.41, 5.74) is 6.32. The molecule has 5 nitrogen and oxygen atoms in total. The summed E-state index contributed by atoms with van der Waals surface area (Å²) in [7, 11) is 0. The molecule has 2 N–H and O–H groups in total. The van der Waals surface area contributed by atoms with Crippen molar-refractivity contribution in [2.24, 2.45) is 5.41 Å². The Morgan fingerprint density at radius 1 is 1.25 bits per heavy atom. The van der Waals surface area contributed by atoms with Gasteiger partial charge < -0.3 is 10.6 Å². The van der Waals surface area contributed by atoms with Crippen LogP contribution >= 0.6 is 0 Å². The smallest absolute Gasteiger partial charge is 0.276 e. The molecule has 0 saturated carbocycles. The molecule has 1 fully saturated rings. The number of nitrogen functional groups attached to an aromatic ring is 1. The quantitative estimate of drug-likeness (QED) is 0.794. The molecule has 1 aliphatic carbocycles. The number of hydrogen-bond acceptors (Lipinski definition) is 4. The van der Waals surface area contributed by atoms with Crippen LogP contribution in [0.15, 0.2) is 24.5 Å². The van der Waals surface area contributed by atoms with E-state index >= 15 is 0 Å². The predicted octanol–water partition coefficient (Wildman–Crippen LogP) is 2.02. The second kappa shape index (κ2) is 5.23. The number of piperidine rings is 1. The van der Waals surface area contributed by atoms with E-state index in [1.165, 1.54) is 25.2 Å². The molecule has 20 heavy (non-hydrogen) atoms. The maximum atomic E-state index is 12.6. The van der Waals surface area contributed by atoms with Crippen molar-refractivity contribution in [3.05, 3.63) is 30.2 Å². The van der Waals surface area contributed by atoms with Crippen LogP contribution in [0.2, 0.25) is 0 Å². The lowest BCUT2D eigenvalue weighted by Crippen LogP contribution is -2.46. The summed E-state index contributed by atoms with van der Waals surface area (Å²) in [4.78, 5) is 22.5. The highest BCUT2D eigenvalue weighted by atomic mass is 16.2. The van der Waals surface area contributed by atoms with Crippen LogP contribution in [0, 0.1) is 5.41 Å². The van der Waals surface area contributed by atoms with Gasteiger partial charge in [-0.15, -0.1) is 0 Å². The first kappa shape index (κ1) is 13.1. The van der Waals surface area contributed by atoms with Gasteiger partial charge in [0.1, 0.15) is 0 Å². The Kier molecular flexibility index (Phi) is 3.42. The molecule has 1 aromatic heterocycles. The molecule has 2 heterocycles. The molecule has 1 aliphatic heterocycles. The highest BCUT2D eigenvalue weighted by Gasteiger charge is 2.37. The molecule has 1 amide bonds. The number of aromatic nitrogens is 2. The third-order valence-electron chi connectivity index (χ3n) is 4.44. The molecular formula is C15H20N4O. The van der Waals surface area contributed by atoms with Crippen LogP contribution in [0.3, 0.4) is 0 Å². The van der Waals surface area contributed by atoms with Crippen molar-refractivity contribution in [3.63, 3.8) is 0 Å². The van der Waals surface area contributed by atoms with E-state index in [0.717, 1.165) is 32.4 Å². The van der Waals surface area contributed by atoms with Gasteiger partial charge in [0.2, 0.25) is 0 Å². The molecule has 0 bridgehead atoms. The van der Waals surface area contributed by atoms with Crippen LogP contribution in [-0.4, -0.2) is 33.9 Å². The van der Waals surface area contributed by atoms with Gasteiger partial charge in [-0.05, 0) is 37.5 Å². The largest absolute Gasteiger partial charge is 0.382 e. The minimum Gasteiger partial charge on any atom is -0.382 e. The topological polar surface area (TPSA) is 72.1 Å². The third-order valence-corrected chi connectivity index (χ3v) is 4.44. The lowest BCUT2D eigenvalue weighted by atomic mass is 9.71. The molecule has 2 aliphatic rings. The number of allylic oxidation sites excluding steroid dienone is 2. The molecule has 1 atom stereocenters. The Morgan fingerprint density at radius 3 is 2.85 bits per heavy atom. The maximum absolute atomic E-state index is 12.6. The molecule has 1 aromatic rings. The summed E-state index contributed by atoms with van der Waals surface area (Å²) in [5.74, 6) is 0.143. The van der Waals surface area contributed by atoms with Crippen molar-refractivity contribution in [1.29, 1.82) is 0 Å². The van der Waals surface area contributed by atoms with Gasteiger partial charge in [0, 0.05) is 25.5 Å².